The standard InChI is InChI=1S/C12H13ClN2O4/c1-6(14-7(2)16)11(17)15-10-5-8(13)3-4-9(10)12(18)19/h3-6H,1-2H3,(H,14,16)(H,15,17)(H,18,19). The van der Waals surface area contributed by atoms with Crippen LogP contribution in [0.25, 0.3) is 0 Å². The van der Waals surface area contributed by atoms with Gasteiger partial charge < -0.3 is 15.7 Å². The fourth-order valence-corrected chi connectivity index (χ4v) is 1.59. The molecular formula is C12H13ClN2O4. The van der Waals surface area contributed by atoms with Gasteiger partial charge in [0.05, 0.1) is 11.3 Å². The number of rotatable bonds is 4. The number of halogens is 1. The molecule has 3 N–H and O–H groups in total. The molecule has 0 aromatic heterocycles. The lowest BCUT2D eigenvalue weighted by Gasteiger charge is -2.14. The number of carbonyl (C=O) groups is 3. The number of benzene rings is 1. The Bertz CT molecular complexity index is 530. The molecular weight excluding hydrogens is 272 g/mol. The summed E-state index contributed by atoms with van der Waals surface area (Å²) in [5.41, 5.74) is 0.00924. The summed E-state index contributed by atoms with van der Waals surface area (Å²) in [5.74, 6) is -2.06. The Kier molecular flexibility index (Phi) is 4.88. The van der Waals surface area contributed by atoms with Crippen molar-refractivity contribution in [3.8, 4) is 0 Å². The molecule has 0 heterocycles. The zero-order chi connectivity index (χ0) is 14.6. The first-order chi connectivity index (χ1) is 8.81. The van der Waals surface area contributed by atoms with Crippen LogP contribution in [0.15, 0.2) is 18.2 Å². The highest BCUT2D eigenvalue weighted by Crippen LogP contribution is 2.21. The molecule has 0 bridgehead atoms. The molecule has 0 radical (unpaired) electrons. The highest BCUT2D eigenvalue weighted by molar-refractivity contribution is 6.31. The van der Waals surface area contributed by atoms with Gasteiger partial charge in [-0.2, -0.15) is 0 Å². The summed E-state index contributed by atoms with van der Waals surface area (Å²) in [6.07, 6.45) is 0. The SMILES string of the molecule is CC(=O)NC(C)C(=O)Nc1cc(Cl)ccc1C(=O)O. The number of aromatic carboxylic acids is 1. The molecule has 6 nitrogen and oxygen atoms in total. The van der Waals surface area contributed by atoms with Crippen LogP contribution in [0, 0.1) is 0 Å². The van der Waals surface area contributed by atoms with Crippen LogP contribution in [0.2, 0.25) is 5.02 Å². The van der Waals surface area contributed by atoms with Gasteiger partial charge in [0.1, 0.15) is 6.04 Å². The van der Waals surface area contributed by atoms with Crippen molar-refractivity contribution < 1.29 is 19.5 Å². The second-order valence-electron chi connectivity index (χ2n) is 3.91. The molecule has 1 aromatic rings. The normalized spacial score (nSPS) is 11.5. The summed E-state index contributed by atoms with van der Waals surface area (Å²) in [5, 5.41) is 14.1. The fraction of sp³-hybridized carbons (Fsp3) is 0.250. The summed E-state index contributed by atoms with van der Waals surface area (Å²) < 4.78 is 0. The molecule has 0 aliphatic carbocycles. The van der Waals surface area contributed by atoms with Crippen molar-refractivity contribution in [2.75, 3.05) is 5.32 Å². The number of hydrogen-bond donors (Lipinski definition) is 3. The van der Waals surface area contributed by atoms with Crippen LogP contribution < -0.4 is 10.6 Å². The molecule has 1 rings (SSSR count). The van der Waals surface area contributed by atoms with Gasteiger partial charge in [-0.15, -0.1) is 0 Å². The van der Waals surface area contributed by atoms with Crippen LogP contribution in [-0.4, -0.2) is 28.9 Å². The maximum absolute atomic E-state index is 11.8. The summed E-state index contributed by atoms with van der Waals surface area (Å²) in [7, 11) is 0. The quantitative estimate of drug-likeness (QED) is 0.781. The highest BCUT2D eigenvalue weighted by Gasteiger charge is 2.17. The lowest BCUT2D eigenvalue weighted by Crippen LogP contribution is -2.40. The van der Waals surface area contributed by atoms with E-state index < -0.39 is 17.9 Å². The average Bonchev–Trinajstić information content (AvgIpc) is 2.27. The Morgan fingerprint density at radius 2 is 1.95 bits per heavy atom. The van der Waals surface area contributed by atoms with Crippen LogP contribution in [-0.2, 0) is 9.59 Å². The fourth-order valence-electron chi connectivity index (χ4n) is 1.42. The van der Waals surface area contributed by atoms with E-state index in [0.29, 0.717) is 5.02 Å². The Labute approximate surface area is 114 Å². The Morgan fingerprint density at radius 1 is 1.32 bits per heavy atom. The van der Waals surface area contributed by atoms with Crippen molar-refractivity contribution >= 4 is 35.1 Å². The molecule has 1 unspecified atom stereocenters. The van der Waals surface area contributed by atoms with E-state index in [9.17, 15) is 14.4 Å². The summed E-state index contributed by atoms with van der Waals surface area (Å²) >= 11 is 5.75. The molecule has 0 fully saturated rings. The monoisotopic (exact) mass is 284 g/mol. The van der Waals surface area contributed by atoms with Gasteiger partial charge in [0, 0.05) is 11.9 Å². The van der Waals surface area contributed by atoms with E-state index in [-0.39, 0.29) is 17.2 Å². The van der Waals surface area contributed by atoms with Crippen molar-refractivity contribution in [1.29, 1.82) is 0 Å². The van der Waals surface area contributed by atoms with Gasteiger partial charge in [0.25, 0.3) is 0 Å². The van der Waals surface area contributed by atoms with E-state index in [1.165, 1.54) is 32.0 Å². The first kappa shape index (κ1) is 15.0. The van der Waals surface area contributed by atoms with Crippen LogP contribution in [0.3, 0.4) is 0 Å². The van der Waals surface area contributed by atoms with Gasteiger partial charge in [0.15, 0.2) is 0 Å². The largest absolute Gasteiger partial charge is 0.478 e. The summed E-state index contributed by atoms with van der Waals surface area (Å²) in [6.45, 7) is 2.77. The minimum atomic E-state index is -1.18. The molecule has 0 spiro atoms. The third-order valence-corrected chi connectivity index (χ3v) is 2.52. The van der Waals surface area contributed by atoms with E-state index in [1.54, 1.807) is 0 Å². The van der Waals surface area contributed by atoms with Gasteiger partial charge in [0.2, 0.25) is 11.8 Å². The van der Waals surface area contributed by atoms with Crippen molar-refractivity contribution in [3.63, 3.8) is 0 Å². The van der Waals surface area contributed by atoms with Crippen molar-refractivity contribution in [2.24, 2.45) is 0 Å². The summed E-state index contributed by atoms with van der Waals surface area (Å²) in [6, 6.07) is 3.27. The molecule has 2 amide bonds. The second kappa shape index (κ2) is 6.19. The van der Waals surface area contributed by atoms with Crippen molar-refractivity contribution in [3.05, 3.63) is 28.8 Å². The minimum absolute atomic E-state index is 0.0761. The van der Waals surface area contributed by atoms with Gasteiger partial charge >= 0.3 is 5.97 Å². The number of amides is 2. The second-order valence-corrected chi connectivity index (χ2v) is 4.34. The topological polar surface area (TPSA) is 95.5 Å². The smallest absolute Gasteiger partial charge is 0.337 e. The number of nitrogens with one attached hydrogen (secondary N) is 2. The molecule has 19 heavy (non-hydrogen) atoms. The lowest BCUT2D eigenvalue weighted by atomic mass is 10.1. The van der Waals surface area contributed by atoms with Crippen LogP contribution in [0.5, 0.6) is 0 Å². The Morgan fingerprint density at radius 3 is 2.47 bits per heavy atom. The lowest BCUT2D eigenvalue weighted by molar-refractivity contribution is -0.124. The van der Waals surface area contributed by atoms with Gasteiger partial charge in [-0.05, 0) is 25.1 Å². The van der Waals surface area contributed by atoms with E-state index in [0.717, 1.165) is 0 Å². The van der Waals surface area contributed by atoms with Crippen LogP contribution >= 0.6 is 11.6 Å². The van der Waals surface area contributed by atoms with E-state index in [1.807, 2.05) is 0 Å². The van der Waals surface area contributed by atoms with Crippen molar-refractivity contribution in [1.82, 2.24) is 5.32 Å². The van der Waals surface area contributed by atoms with Gasteiger partial charge in [-0.1, -0.05) is 11.6 Å². The van der Waals surface area contributed by atoms with Crippen molar-refractivity contribution in [2.45, 2.75) is 19.9 Å². The highest BCUT2D eigenvalue weighted by atomic mass is 35.5. The zero-order valence-corrected chi connectivity index (χ0v) is 11.1. The maximum atomic E-state index is 11.8. The third kappa shape index (κ3) is 4.26. The third-order valence-electron chi connectivity index (χ3n) is 2.28. The maximum Gasteiger partial charge on any atom is 0.337 e. The van der Waals surface area contributed by atoms with E-state index in [4.69, 9.17) is 16.7 Å². The predicted molar refractivity (Wildman–Crippen MR) is 70.3 cm³/mol. The predicted octanol–water partition coefficient (Wildman–Crippen LogP) is 1.50. The van der Waals surface area contributed by atoms with Gasteiger partial charge in [-0.3, -0.25) is 9.59 Å². The molecule has 0 saturated heterocycles. The van der Waals surface area contributed by atoms with Crippen LogP contribution in [0.1, 0.15) is 24.2 Å². The minimum Gasteiger partial charge on any atom is -0.478 e. The molecule has 0 aliphatic heterocycles. The van der Waals surface area contributed by atoms with E-state index in [2.05, 4.69) is 10.6 Å². The Hall–Kier alpha value is -2.08. The molecule has 0 saturated carbocycles. The molecule has 102 valence electrons. The molecule has 1 atom stereocenters. The first-order valence-electron chi connectivity index (χ1n) is 5.42. The van der Waals surface area contributed by atoms with Crippen LogP contribution in [0.4, 0.5) is 5.69 Å². The number of carboxylic acid groups (broad SMARTS) is 1. The zero-order valence-electron chi connectivity index (χ0n) is 10.4. The Balaban J connectivity index is 2.92. The molecule has 0 aliphatic rings. The van der Waals surface area contributed by atoms with E-state index >= 15 is 0 Å². The number of carboxylic acids is 1. The molecule has 1 aromatic carbocycles. The van der Waals surface area contributed by atoms with Gasteiger partial charge in [-0.25, -0.2) is 4.79 Å². The number of carbonyl (C=O) groups excluding carboxylic acids is 2. The average molecular weight is 285 g/mol. The molecule has 7 heteroatoms. The number of anilines is 1. The first-order valence-corrected chi connectivity index (χ1v) is 5.80. The summed E-state index contributed by atoms with van der Waals surface area (Å²) in [4.78, 5) is 33.6. The number of hydrogen-bond acceptors (Lipinski definition) is 3.